The van der Waals surface area contributed by atoms with Crippen molar-refractivity contribution < 1.29 is 9.59 Å². The van der Waals surface area contributed by atoms with Crippen LogP contribution in [0.2, 0.25) is 0 Å². The summed E-state index contributed by atoms with van der Waals surface area (Å²) in [5.74, 6) is -0.869. The maximum absolute atomic E-state index is 11.9. The largest absolute Gasteiger partial charge is 0.343 e. The fourth-order valence-electron chi connectivity index (χ4n) is 1.64. The molecule has 0 saturated carbocycles. The number of H-pyrrole nitrogens is 1. The van der Waals surface area contributed by atoms with Crippen molar-refractivity contribution in [2.45, 2.75) is 0 Å². The van der Waals surface area contributed by atoms with Crippen molar-refractivity contribution in [1.82, 2.24) is 10.3 Å². The van der Waals surface area contributed by atoms with Gasteiger partial charge in [0.15, 0.2) is 0 Å². The zero-order chi connectivity index (χ0) is 16.1. The van der Waals surface area contributed by atoms with Crippen LogP contribution in [0.25, 0.3) is 0 Å². The second-order valence-electron chi connectivity index (χ2n) is 4.30. The third kappa shape index (κ3) is 4.54. The van der Waals surface area contributed by atoms with Gasteiger partial charge in [0.1, 0.15) is 5.69 Å². The first-order valence-electron chi connectivity index (χ1n) is 6.17. The molecule has 0 fully saturated rings. The SMILES string of the molecule is O=C(CNC(=O)c1cccc(Br)c1)Nc1cc(Br)c[nH]c1=O. The lowest BCUT2D eigenvalue weighted by Crippen LogP contribution is -2.34. The van der Waals surface area contributed by atoms with Crippen LogP contribution in [0.4, 0.5) is 5.69 Å². The summed E-state index contributed by atoms with van der Waals surface area (Å²) < 4.78 is 1.39. The highest BCUT2D eigenvalue weighted by Crippen LogP contribution is 2.11. The van der Waals surface area contributed by atoms with Crippen LogP contribution in [-0.4, -0.2) is 23.3 Å². The number of nitrogens with one attached hydrogen (secondary N) is 3. The molecule has 114 valence electrons. The van der Waals surface area contributed by atoms with Crippen LogP contribution in [-0.2, 0) is 4.79 Å². The summed E-state index contributed by atoms with van der Waals surface area (Å²) in [6, 6.07) is 8.28. The molecule has 8 heteroatoms. The second kappa shape index (κ2) is 7.37. The zero-order valence-corrected chi connectivity index (χ0v) is 14.3. The molecule has 0 radical (unpaired) electrons. The Balaban J connectivity index is 1.94. The van der Waals surface area contributed by atoms with Crippen molar-refractivity contribution in [2.24, 2.45) is 0 Å². The molecule has 0 aliphatic heterocycles. The number of hydrogen-bond donors (Lipinski definition) is 3. The van der Waals surface area contributed by atoms with E-state index in [1.165, 1.54) is 12.3 Å². The van der Waals surface area contributed by atoms with E-state index in [0.29, 0.717) is 10.0 Å². The number of amides is 2. The number of pyridine rings is 1. The van der Waals surface area contributed by atoms with E-state index in [1.807, 2.05) is 0 Å². The minimum absolute atomic E-state index is 0.107. The summed E-state index contributed by atoms with van der Waals surface area (Å²) in [6.45, 7) is -0.239. The number of aromatic amines is 1. The first-order chi connectivity index (χ1) is 10.5. The van der Waals surface area contributed by atoms with Gasteiger partial charge in [-0.25, -0.2) is 0 Å². The number of carbonyl (C=O) groups is 2. The fraction of sp³-hybridized carbons (Fsp3) is 0.0714. The fourth-order valence-corrected chi connectivity index (χ4v) is 2.38. The maximum Gasteiger partial charge on any atom is 0.271 e. The maximum atomic E-state index is 11.9. The van der Waals surface area contributed by atoms with Gasteiger partial charge in [0.05, 0.1) is 6.54 Å². The van der Waals surface area contributed by atoms with Crippen LogP contribution in [0.15, 0.2) is 50.3 Å². The lowest BCUT2D eigenvalue weighted by Gasteiger charge is -2.07. The van der Waals surface area contributed by atoms with Gasteiger partial charge < -0.3 is 15.6 Å². The van der Waals surface area contributed by atoms with Gasteiger partial charge in [-0.05, 0) is 40.2 Å². The van der Waals surface area contributed by atoms with Crippen molar-refractivity contribution in [3.05, 3.63) is 61.4 Å². The van der Waals surface area contributed by atoms with Crippen molar-refractivity contribution in [2.75, 3.05) is 11.9 Å². The topological polar surface area (TPSA) is 91.1 Å². The molecule has 1 heterocycles. The Bertz CT molecular complexity index is 774. The van der Waals surface area contributed by atoms with Gasteiger partial charge in [-0.15, -0.1) is 0 Å². The monoisotopic (exact) mass is 427 g/mol. The molecule has 2 amide bonds. The summed E-state index contributed by atoms with van der Waals surface area (Å²) in [6.07, 6.45) is 1.47. The number of hydrogen-bond acceptors (Lipinski definition) is 3. The van der Waals surface area contributed by atoms with E-state index in [1.54, 1.807) is 24.3 Å². The molecule has 0 bridgehead atoms. The van der Waals surface area contributed by atoms with Gasteiger partial charge in [-0.3, -0.25) is 14.4 Å². The zero-order valence-electron chi connectivity index (χ0n) is 11.2. The van der Waals surface area contributed by atoms with E-state index >= 15 is 0 Å². The molecule has 0 spiro atoms. The standard InChI is InChI=1S/C14H11Br2N3O3/c15-9-3-1-2-8(4-9)13(21)18-7-12(20)19-11-5-10(16)6-17-14(11)22/h1-6H,7H2,(H,17,22)(H,18,21)(H,19,20). The van der Waals surface area contributed by atoms with Crippen LogP contribution in [0, 0.1) is 0 Å². The van der Waals surface area contributed by atoms with Gasteiger partial charge in [0.25, 0.3) is 11.5 Å². The van der Waals surface area contributed by atoms with E-state index in [2.05, 4.69) is 47.5 Å². The molecular weight excluding hydrogens is 418 g/mol. The lowest BCUT2D eigenvalue weighted by atomic mass is 10.2. The third-order valence-electron chi connectivity index (χ3n) is 2.64. The van der Waals surface area contributed by atoms with Crippen LogP contribution < -0.4 is 16.2 Å². The Hall–Kier alpha value is -1.93. The summed E-state index contributed by atoms with van der Waals surface area (Å²) in [4.78, 5) is 37.6. The average molecular weight is 429 g/mol. The molecule has 22 heavy (non-hydrogen) atoms. The molecular formula is C14H11Br2N3O3. The van der Waals surface area contributed by atoms with Gasteiger partial charge in [-0.1, -0.05) is 22.0 Å². The highest BCUT2D eigenvalue weighted by atomic mass is 79.9. The minimum Gasteiger partial charge on any atom is -0.343 e. The molecule has 0 atom stereocenters. The van der Waals surface area contributed by atoms with Crippen LogP contribution in [0.3, 0.4) is 0 Å². The number of benzene rings is 1. The molecule has 1 aromatic carbocycles. The van der Waals surface area contributed by atoms with E-state index < -0.39 is 11.5 Å². The quantitative estimate of drug-likeness (QED) is 0.697. The molecule has 1 aromatic heterocycles. The molecule has 2 aromatic rings. The van der Waals surface area contributed by atoms with Gasteiger partial charge >= 0.3 is 0 Å². The summed E-state index contributed by atoms with van der Waals surface area (Å²) in [5, 5.41) is 4.92. The van der Waals surface area contributed by atoms with E-state index in [9.17, 15) is 14.4 Å². The number of rotatable bonds is 4. The van der Waals surface area contributed by atoms with E-state index in [4.69, 9.17) is 0 Å². The number of anilines is 1. The van der Waals surface area contributed by atoms with Crippen molar-refractivity contribution in [3.8, 4) is 0 Å². The normalized spacial score (nSPS) is 10.1. The summed E-state index contributed by atoms with van der Waals surface area (Å²) in [7, 11) is 0. The predicted octanol–water partition coefficient (Wildman–Crippen LogP) is 2.27. The molecule has 3 N–H and O–H groups in total. The van der Waals surface area contributed by atoms with Crippen LogP contribution >= 0.6 is 31.9 Å². The van der Waals surface area contributed by atoms with Crippen molar-refractivity contribution in [1.29, 1.82) is 0 Å². The molecule has 0 aliphatic carbocycles. The first kappa shape index (κ1) is 16.4. The summed E-state index contributed by atoms with van der Waals surface area (Å²) in [5.41, 5.74) is 0.119. The Labute approximate surface area is 142 Å². The minimum atomic E-state index is -0.494. The van der Waals surface area contributed by atoms with Crippen LogP contribution in [0.1, 0.15) is 10.4 Å². The summed E-state index contributed by atoms with van der Waals surface area (Å²) >= 11 is 6.46. The van der Waals surface area contributed by atoms with Crippen molar-refractivity contribution in [3.63, 3.8) is 0 Å². The van der Waals surface area contributed by atoms with Crippen molar-refractivity contribution >= 4 is 49.4 Å². The predicted molar refractivity (Wildman–Crippen MR) is 89.9 cm³/mol. The van der Waals surface area contributed by atoms with Gasteiger partial charge in [0.2, 0.25) is 5.91 Å². The molecule has 2 rings (SSSR count). The van der Waals surface area contributed by atoms with E-state index in [0.717, 1.165) is 4.47 Å². The highest BCUT2D eigenvalue weighted by Gasteiger charge is 2.10. The Morgan fingerprint density at radius 3 is 2.64 bits per heavy atom. The highest BCUT2D eigenvalue weighted by molar-refractivity contribution is 9.10. The number of aromatic nitrogens is 1. The second-order valence-corrected chi connectivity index (χ2v) is 6.13. The molecule has 6 nitrogen and oxygen atoms in total. The van der Waals surface area contributed by atoms with Crippen LogP contribution in [0.5, 0.6) is 0 Å². The van der Waals surface area contributed by atoms with E-state index in [-0.39, 0.29) is 18.1 Å². The smallest absolute Gasteiger partial charge is 0.271 e. The molecule has 0 aliphatic rings. The van der Waals surface area contributed by atoms with Gasteiger partial charge in [-0.2, -0.15) is 0 Å². The molecule has 0 unspecified atom stereocenters. The average Bonchev–Trinajstić information content (AvgIpc) is 2.48. The number of halogens is 2. The number of carbonyl (C=O) groups excluding carboxylic acids is 2. The van der Waals surface area contributed by atoms with Gasteiger partial charge in [0, 0.05) is 20.7 Å². The first-order valence-corrected chi connectivity index (χ1v) is 7.76. The molecule has 0 saturated heterocycles. The Kier molecular flexibility index (Phi) is 5.51. The Morgan fingerprint density at radius 1 is 1.14 bits per heavy atom. The third-order valence-corrected chi connectivity index (χ3v) is 3.59. The Morgan fingerprint density at radius 2 is 1.91 bits per heavy atom. The lowest BCUT2D eigenvalue weighted by molar-refractivity contribution is -0.115.